The zero-order chi connectivity index (χ0) is 15.2. The zero-order valence-electron chi connectivity index (χ0n) is 13.4. The number of anilines is 2. The van der Waals surface area contributed by atoms with E-state index in [1.807, 2.05) is 6.92 Å². The Labute approximate surface area is 127 Å². The molecule has 0 aromatic carbocycles. The van der Waals surface area contributed by atoms with Crippen LogP contribution in [0, 0.1) is 6.92 Å². The second kappa shape index (κ2) is 7.56. The number of aryl methyl sites for hydroxylation is 1. The number of likely N-dealkylation sites (tertiary alicyclic amines) is 1. The van der Waals surface area contributed by atoms with Crippen molar-refractivity contribution in [2.45, 2.75) is 52.0 Å². The summed E-state index contributed by atoms with van der Waals surface area (Å²) in [5.41, 5.74) is 3.66. The van der Waals surface area contributed by atoms with E-state index in [-0.39, 0.29) is 0 Å². The van der Waals surface area contributed by atoms with Crippen LogP contribution in [0.15, 0.2) is 0 Å². The molecule has 1 fully saturated rings. The number of nitrogens with two attached hydrogens (primary N) is 1. The second-order valence-electron chi connectivity index (χ2n) is 5.87. The van der Waals surface area contributed by atoms with Crippen LogP contribution in [-0.2, 0) is 6.42 Å². The monoisotopic (exact) mass is 292 g/mol. The van der Waals surface area contributed by atoms with Gasteiger partial charge in [-0.1, -0.05) is 13.3 Å². The van der Waals surface area contributed by atoms with Gasteiger partial charge in [0, 0.05) is 24.6 Å². The number of piperidine rings is 1. The third-order valence-electron chi connectivity index (χ3n) is 4.23. The smallest absolute Gasteiger partial charge is 0.148 e. The van der Waals surface area contributed by atoms with Crippen molar-refractivity contribution in [1.29, 1.82) is 0 Å². The Morgan fingerprint density at radius 2 is 2.05 bits per heavy atom. The molecule has 1 aromatic heterocycles. The van der Waals surface area contributed by atoms with Crippen molar-refractivity contribution < 1.29 is 0 Å². The van der Waals surface area contributed by atoms with Gasteiger partial charge < -0.3 is 15.6 Å². The van der Waals surface area contributed by atoms with Gasteiger partial charge in [-0.05, 0) is 39.8 Å². The quantitative estimate of drug-likeness (QED) is 0.549. The molecule has 21 heavy (non-hydrogen) atoms. The van der Waals surface area contributed by atoms with E-state index in [4.69, 9.17) is 5.84 Å². The Bertz CT molecular complexity index is 462. The fourth-order valence-corrected chi connectivity index (χ4v) is 2.83. The molecule has 0 spiro atoms. The van der Waals surface area contributed by atoms with Crippen LogP contribution in [0.5, 0.6) is 0 Å². The number of hydrazine groups is 1. The average molecular weight is 292 g/mol. The van der Waals surface area contributed by atoms with Crippen LogP contribution in [0.25, 0.3) is 0 Å². The Kier molecular flexibility index (Phi) is 5.76. The molecule has 0 aliphatic carbocycles. The lowest BCUT2D eigenvalue weighted by atomic mass is 10.0. The molecule has 0 bridgehead atoms. The van der Waals surface area contributed by atoms with E-state index < -0.39 is 0 Å². The SMILES string of the molecule is CCCc1nc(NN)c(C)c(NCC2CCCCN2C)n1. The third kappa shape index (κ3) is 4.04. The third-order valence-corrected chi connectivity index (χ3v) is 4.23. The highest BCUT2D eigenvalue weighted by Gasteiger charge is 2.19. The van der Waals surface area contributed by atoms with Crippen LogP contribution in [-0.4, -0.2) is 41.0 Å². The first-order valence-corrected chi connectivity index (χ1v) is 7.94. The number of nitrogen functional groups attached to an aromatic ring is 1. The summed E-state index contributed by atoms with van der Waals surface area (Å²) in [5.74, 6) is 8.03. The van der Waals surface area contributed by atoms with Gasteiger partial charge in [0.2, 0.25) is 0 Å². The lowest BCUT2D eigenvalue weighted by Gasteiger charge is -2.32. The standard InChI is InChI=1S/C15H28N6/c1-4-7-13-18-14(11(2)15(19-13)20-16)17-10-12-8-5-6-9-21(12)3/h12H,4-10,16H2,1-3H3,(H2,17,18,19,20). The summed E-state index contributed by atoms with van der Waals surface area (Å²) in [6.45, 7) is 6.23. The lowest BCUT2D eigenvalue weighted by molar-refractivity contribution is 0.194. The number of nitrogens with one attached hydrogen (secondary N) is 2. The predicted molar refractivity (Wildman–Crippen MR) is 87.3 cm³/mol. The van der Waals surface area contributed by atoms with Crippen LogP contribution in [0.4, 0.5) is 11.6 Å². The maximum absolute atomic E-state index is 5.57. The molecule has 118 valence electrons. The molecule has 0 saturated carbocycles. The molecule has 1 aromatic rings. The van der Waals surface area contributed by atoms with Gasteiger partial charge in [-0.2, -0.15) is 0 Å². The fourth-order valence-electron chi connectivity index (χ4n) is 2.83. The second-order valence-corrected chi connectivity index (χ2v) is 5.87. The van der Waals surface area contributed by atoms with Crippen molar-refractivity contribution in [2.75, 3.05) is 30.9 Å². The van der Waals surface area contributed by atoms with Gasteiger partial charge in [-0.3, -0.25) is 0 Å². The zero-order valence-corrected chi connectivity index (χ0v) is 13.4. The molecule has 2 rings (SSSR count). The predicted octanol–water partition coefficient (Wildman–Crippen LogP) is 1.92. The molecule has 4 N–H and O–H groups in total. The van der Waals surface area contributed by atoms with Crippen molar-refractivity contribution in [3.63, 3.8) is 0 Å². The van der Waals surface area contributed by atoms with E-state index >= 15 is 0 Å². The minimum Gasteiger partial charge on any atom is -0.368 e. The first kappa shape index (κ1) is 16.0. The highest BCUT2D eigenvalue weighted by molar-refractivity contribution is 5.56. The molecule has 0 amide bonds. The molecular weight excluding hydrogens is 264 g/mol. The number of rotatable bonds is 6. The Balaban J connectivity index is 2.08. The van der Waals surface area contributed by atoms with Crippen LogP contribution < -0.4 is 16.6 Å². The van der Waals surface area contributed by atoms with Gasteiger partial charge in [0.15, 0.2) is 0 Å². The molecule has 1 aliphatic rings. The summed E-state index contributed by atoms with van der Waals surface area (Å²) in [6, 6.07) is 0.581. The van der Waals surface area contributed by atoms with Crippen LogP contribution in [0.2, 0.25) is 0 Å². The number of hydrogen-bond acceptors (Lipinski definition) is 6. The highest BCUT2D eigenvalue weighted by Crippen LogP contribution is 2.21. The summed E-state index contributed by atoms with van der Waals surface area (Å²) >= 11 is 0. The van der Waals surface area contributed by atoms with Gasteiger partial charge in [0.25, 0.3) is 0 Å². The number of nitrogens with zero attached hydrogens (tertiary/aromatic N) is 3. The molecular formula is C15H28N6. The molecule has 1 unspecified atom stereocenters. The van der Waals surface area contributed by atoms with Gasteiger partial charge in [-0.25, -0.2) is 15.8 Å². The summed E-state index contributed by atoms with van der Waals surface area (Å²) in [6.07, 6.45) is 5.76. The lowest BCUT2D eigenvalue weighted by Crippen LogP contribution is -2.41. The average Bonchev–Trinajstić information content (AvgIpc) is 2.49. The first-order valence-electron chi connectivity index (χ1n) is 7.94. The number of hydrogen-bond donors (Lipinski definition) is 3. The number of aromatic nitrogens is 2. The Morgan fingerprint density at radius 1 is 1.29 bits per heavy atom. The van der Waals surface area contributed by atoms with Gasteiger partial charge in [0.1, 0.15) is 17.5 Å². The van der Waals surface area contributed by atoms with Crippen LogP contribution in [0.3, 0.4) is 0 Å². The summed E-state index contributed by atoms with van der Waals surface area (Å²) < 4.78 is 0. The molecule has 2 heterocycles. The summed E-state index contributed by atoms with van der Waals surface area (Å²) in [5, 5.41) is 3.50. The first-order chi connectivity index (χ1) is 10.2. The topological polar surface area (TPSA) is 79.1 Å². The van der Waals surface area contributed by atoms with Crippen molar-refractivity contribution >= 4 is 11.6 Å². The van der Waals surface area contributed by atoms with E-state index in [1.165, 1.54) is 25.8 Å². The van der Waals surface area contributed by atoms with Crippen LogP contribution in [0.1, 0.15) is 44.0 Å². The maximum Gasteiger partial charge on any atom is 0.148 e. The van der Waals surface area contributed by atoms with Crippen molar-refractivity contribution in [3.8, 4) is 0 Å². The molecule has 1 aliphatic heterocycles. The molecule has 1 atom stereocenters. The summed E-state index contributed by atoms with van der Waals surface area (Å²) in [4.78, 5) is 11.5. The maximum atomic E-state index is 5.57. The number of likely N-dealkylation sites (N-methyl/N-ethyl adjacent to an activating group) is 1. The summed E-state index contributed by atoms with van der Waals surface area (Å²) in [7, 11) is 2.20. The van der Waals surface area contributed by atoms with E-state index in [9.17, 15) is 0 Å². The van der Waals surface area contributed by atoms with Crippen molar-refractivity contribution in [3.05, 3.63) is 11.4 Å². The van der Waals surface area contributed by atoms with Gasteiger partial charge in [0.05, 0.1) is 0 Å². The van der Waals surface area contributed by atoms with E-state index in [0.29, 0.717) is 11.9 Å². The Morgan fingerprint density at radius 3 is 2.71 bits per heavy atom. The molecule has 0 radical (unpaired) electrons. The highest BCUT2D eigenvalue weighted by atomic mass is 15.3. The largest absolute Gasteiger partial charge is 0.368 e. The van der Waals surface area contributed by atoms with Crippen molar-refractivity contribution in [1.82, 2.24) is 14.9 Å². The molecule has 6 nitrogen and oxygen atoms in total. The normalized spacial score (nSPS) is 19.5. The van der Waals surface area contributed by atoms with Crippen molar-refractivity contribution in [2.24, 2.45) is 5.84 Å². The minimum atomic E-state index is 0.581. The Hall–Kier alpha value is -1.40. The van der Waals surface area contributed by atoms with Crippen LogP contribution >= 0.6 is 0 Å². The van der Waals surface area contributed by atoms with Gasteiger partial charge >= 0.3 is 0 Å². The van der Waals surface area contributed by atoms with E-state index in [2.05, 4.69) is 39.6 Å². The minimum absolute atomic E-state index is 0.581. The van der Waals surface area contributed by atoms with Gasteiger partial charge in [-0.15, -0.1) is 0 Å². The molecule has 6 heteroatoms. The fraction of sp³-hybridized carbons (Fsp3) is 0.733. The van der Waals surface area contributed by atoms with E-state index in [1.54, 1.807) is 0 Å². The molecule has 1 saturated heterocycles. The van der Waals surface area contributed by atoms with E-state index in [0.717, 1.165) is 36.6 Å².